The number of nitrogens with one attached hydrogen (secondary N) is 2. The first-order valence-electron chi connectivity index (χ1n) is 6.03. The first-order chi connectivity index (χ1) is 10.6. The highest BCUT2D eigenvalue weighted by atomic mass is 16.8. The van der Waals surface area contributed by atoms with E-state index in [1.54, 1.807) is 6.07 Å². The van der Waals surface area contributed by atoms with Crippen LogP contribution in [0.5, 0.6) is 0 Å². The lowest BCUT2D eigenvalue weighted by atomic mass is 10.1. The Morgan fingerprint density at radius 3 is 1.59 bits per heavy atom. The van der Waals surface area contributed by atoms with Crippen LogP contribution in [0.15, 0.2) is 24.3 Å². The highest BCUT2D eigenvalue weighted by Crippen LogP contribution is 2.10. The Kier molecular flexibility index (Phi) is 7.39. The lowest BCUT2D eigenvalue weighted by Crippen LogP contribution is -2.42. The smallest absolute Gasteiger partial charge is 0.283 e. The molecule has 122 valence electrons. The Hall–Kier alpha value is -2.08. The highest BCUT2D eigenvalue weighted by Gasteiger charge is 2.20. The average molecular weight is 314 g/mol. The van der Waals surface area contributed by atoms with E-state index in [0.717, 1.165) is 10.3 Å². The SMILES string of the molecule is CONN(OC)C(=O)c1cccc(C(=O)N(NOC)OC)c1. The summed E-state index contributed by atoms with van der Waals surface area (Å²) in [6, 6.07) is 5.95. The molecule has 2 N–H and O–H groups in total. The molecule has 0 aliphatic carbocycles. The highest BCUT2D eigenvalue weighted by molar-refractivity contribution is 5.98. The van der Waals surface area contributed by atoms with Gasteiger partial charge >= 0.3 is 0 Å². The maximum absolute atomic E-state index is 12.2. The van der Waals surface area contributed by atoms with Gasteiger partial charge in [0.25, 0.3) is 11.8 Å². The summed E-state index contributed by atoms with van der Waals surface area (Å²) in [7, 11) is 5.22. The van der Waals surface area contributed by atoms with Gasteiger partial charge in [-0.05, 0) is 18.2 Å². The molecule has 0 aromatic heterocycles. The Bertz CT molecular complexity index is 471. The average Bonchev–Trinajstić information content (AvgIpc) is 2.56. The van der Waals surface area contributed by atoms with Crippen molar-refractivity contribution in [1.82, 2.24) is 21.5 Å². The zero-order valence-corrected chi connectivity index (χ0v) is 12.7. The fourth-order valence-electron chi connectivity index (χ4n) is 1.51. The van der Waals surface area contributed by atoms with Gasteiger partial charge in [0, 0.05) is 11.1 Å². The van der Waals surface area contributed by atoms with Gasteiger partial charge in [0.05, 0.1) is 28.4 Å². The molecule has 1 aromatic rings. The van der Waals surface area contributed by atoms with E-state index in [1.165, 1.54) is 46.6 Å². The lowest BCUT2D eigenvalue weighted by Gasteiger charge is -2.20. The standard InChI is InChI=1S/C12H18N4O6/c1-19-13-15(21-3)11(17)9-6-5-7-10(8-9)12(18)16(22-4)14-20-2/h5-8,13-14H,1-4H3. The normalized spacial score (nSPS) is 10.4. The van der Waals surface area contributed by atoms with E-state index in [4.69, 9.17) is 9.68 Å². The fourth-order valence-corrected chi connectivity index (χ4v) is 1.51. The molecule has 0 fully saturated rings. The third-order valence-corrected chi connectivity index (χ3v) is 2.44. The Balaban J connectivity index is 2.98. The van der Waals surface area contributed by atoms with Crippen molar-refractivity contribution in [1.29, 1.82) is 0 Å². The molecule has 0 aliphatic heterocycles. The molecule has 1 aromatic carbocycles. The van der Waals surface area contributed by atoms with Gasteiger partial charge in [-0.15, -0.1) is 10.3 Å². The summed E-state index contributed by atoms with van der Waals surface area (Å²) in [5.74, 6) is -1.11. The maximum atomic E-state index is 12.2. The van der Waals surface area contributed by atoms with Crippen LogP contribution < -0.4 is 11.2 Å². The summed E-state index contributed by atoms with van der Waals surface area (Å²) in [6.45, 7) is 0. The van der Waals surface area contributed by atoms with Crippen LogP contribution in [-0.2, 0) is 19.4 Å². The Morgan fingerprint density at radius 2 is 1.27 bits per heavy atom. The summed E-state index contributed by atoms with van der Waals surface area (Å²) in [6.07, 6.45) is 0. The molecule has 0 heterocycles. The predicted octanol–water partition coefficient (Wildman–Crippen LogP) is -0.174. The molecule has 0 saturated carbocycles. The second kappa shape index (κ2) is 9.04. The van der Waals surface area contributed by atoms with Crippen molar-refractivity contribution in [3.05, 3.63) is 35.4 Å². The summed E-state index contributed by atoms with van der Waals surface area (Å²) >= 11 is 0. The largest absolute Gasteiger partial charge is 0.294 e. The van der Waals surface area contributed by atoms with Crippen molar-refractivity contribution in [2.24, 2.45) is 0 Å². The number of hydroxylamine groups is 2. The van der Waals surface area contributed by atoms with Crippen LogP contribution in [0.2, 0.25) is 0 Å². The lowest BCUT2D eigenvalue weighted by molar-refractivity contribution is -0.212. The van der Waals surface area contributed by atoms with Gasteiger partial charge in [-0.25, -0.2) is 0 Å². The Morgan fingerprint density at radius 1 is 0.864 bits per heavy atom. The van der Waals surface area contributed by atoms with E-state index in [1.807, 2.05) is 0 Å². The quantitative estimate of drug-likeness (QED) is 0.638. The fraction of sp³-hybridized carbons (Fsp3) is 0.333. The van der Waals surface area contributed by atoms with Crippen LogP contribution in [0.25, 0.3) is 0 Å². The molecule has 0 spiro atoms. The number of hydrazine groups is 2. The molecule has 0 radical (unpaired) electrons. The van der Waals surface area contributed by atoms with E-state index in [-0.39, 0.29) is 11.1 Å². The number of carbonyl (C=O) groups is 2. The molecule has 0 saturated heterocycles. The van der Waals surface area contributed by atoms with Gasteiger partial charge in [0.1, 0.15) is 0 Å². The summed E-state index contributed by atoms with van der Waals surface area (Å²) in [4.78, 5) is 43.2. The monoisotopic (exact) mass is 314 g/mol. The molecule has 0 unspecified atom stereocenters. The number of benzene rings is 1. The molecule has 2 amide bonds. The molecule has 10 nitrogen and oxygen atoms in total. The topological polar surface area (TPSA) is 102 Å². The molecule has 10 heteroatoms. The van der Waals surface area contributed by atoms with Crippen molar-refractivity contribution in [3.8, 4) is 0 Å². The molecule has 1 rings (SSSR count). The number of carbonyl (C=O) groups excluding carboxylic acids is 2. The second-order valence-electron chi connectivity index (χ2n) is 3.74. The minimum atomic E-state index is -0.553. The van der Waals surface area contributed by atoms with Crippen LogP contribution in [-0.4, -0.2) is 50.6 Å². The van der Waals surface area contributed by atoms with Crippen LogP contribution in [0.1, 0.15) is 20.7 Å². The predicted molar refractivity (Wildman–Crippen MR) is 73.1 cm³/mol. The molecular weight excluding hydrogens is 296 g/mol. The number of hydrogen-bond acceptors (Lipinski definition) is 8. The zero-order valence-electron chi connectivity index (χ0n) is 12.7. The van der Waals surface area contributed by atoms with Crippen molar-refractivity contribution in [3.63, 3.8) is 0 Å². The first kappa shape index (κ1) is 18.0. The van der Waals surface area contributed by atoms with Crippen LogP contribution in [0.4, 0.5) is 0 Å². The second-order valence-corrected chi connectivity index (χ2v) is 3.74. The van der Waals surface area contributed by atoms with Crippen LogP contribution in [0, 0.1) is 0 Å². The van der Waals surface area contributed by atoms with Crippen molar-refractivity contribution < 1.29 is 28.9 Å². The summed E-state index contributed by atoms with van der Waals surface area (Å²) in [5, 5.41) is 1.54. The minimum Gasteiger partial charge on any atom is -0.283 e. The van der Waals surface area contributed by atoms with Gasteiger partial charge in [0.2, 0.25) is 0 Å². The van der Waals surface area contributed by atoms with Crippen molar-refractivity contribution in [2.45, 2.75) is 0 Å². The van der Waals surface area contributed by atoms with Crippen molar-refractivity contribution in [2.75, 3.05) is 28.4 Å². The van der Waals surface area contributed by atoms with Crippen LogP contribution >= 0.6 is 0 Å². The number of hydrogen-bond donors (Lipinski definition) is 2. The van der Waals surface area contributed by atoms with Gasteiger partial charge in [-0.3, -0.25) is 28.9 Å². The number of amides is 2. The zero-order chi connectivity index (χ0) is 16.5. The van der Waals surface area contributed by atoms with E-state index in [9.17, 15) is 9.59 Å². The molecule has 0 aliphatic rings. The first-order valence-corrected chi connectivity index (χ1v) is 6.03. The van der Waals surface area contributed by atoms with E-state index in [2.05, 4.69) is 20.9 Å². The molecule has 0 atom stereocenters. The molecule has 0 bridgehead atoms. The minimum absolute atomic E-state index is 0.200. The third-order valence-electron chi connectivity index (χ3n) is 2.44. The summed E-state index contributed by atoms with van der Waals surface area (Å²) in [5.41, 5.74) is 4.88. The Labute approximate surface area is 127 Å². The third kappa shape index (κ3) is 4.46. The van der Waals surface area contributed by atoms with Gasteiger partial charge in [-0.1, -0.05) is 17.2 Å². The van der Waals surface area contributed by atoms with Gasteiger partial charge < -0.3 is 0 Å². The van der Waals surface area contributed by atoms with E-state index < -0.39 is 11.8 Å². The van der Waals surface area contributed by atoms with Crippen LogP contribution in [0.3, 0.4) is 0 Å². The maximum Gasteiger partial charge on any atom is 0.294 e. The number of nitrogens with zero attached hydrogens (tertiary/aromatic N) is 2. The van der Waals surface area contributed by atoms with Crippen molar-refractivity contribution >= 4 is 11.8 Å². The molecular formula is C12H18N4O6. The van der Waals surface area contributed by atoms with Gasteiger partial charge in [0.15, 0.2) is 0 Å². The van der Waals surface area contributed by atoms with E-state index >= 15 is 0 Å². The number of rotatable bonds is 8. The van der Waals surface area contributed by atoms with Gasteiger partial charge in [-0.2, -0.15) is 0 Å². The van der Waals surface area contributed by atoms with E-state index in [0.29, 0.717) is 0 Å². The summed E-state index contributed by atoms with van der Waals surface area (Å²) < 4.78 is 0. The molecule has 22 heavy (non-hydrogen) atoms.